The third-order valence-electron chi connectivity index (χ3n) is 7.72. The van der Waals surface area contributed by atoms with Crippen LogP contribution in [0.15, 0.2) is 12.7 Å². The van der Waals surface area contributed by atoms with Crippen molar-refractivity contribution in [2.24, 2.45) is 5.41 Å². The molecule has 1 saturated heterocycles. The van der Waals surface area contributed by atoms with Crippen LogP contribution in [-0.4, -0.2) is 140 Å². The van der Waals surface area contributed by atoms with Crippen molar-refractivity contribution in [3.63, 3.8) is 0 Å². The zero-order chi connectivity index (χ0) is 43.6. The van der Waals surface area contributed by atoms with E-state index >= 15 is 0 Å². The number of aliphatic hydroxyl groups excluding tert-OH is 2. The number of nitrogens with zero attached hydrogens (tertiary/aromatic N) is 4. The summed E-state index contributed by atoms with van der Waals surface area (Å²) in [4.78, 5) is 109. The average Bonchev–Trinajstić information content (AvgIpc) is 3.67. The molecule has 3 rings (SSSR count). The number of carboxylic acid groups (broad SMARTS) is 1. The number of hydrogen-bond donors (Lipinski definition) is 10. The predicted octanol–water partition coefficient (Wildman–Crippen LogP) is -1.51. The lowest BCUT2D eigenvalue weighted by Crippen LogP contribution is -2.46. The Morgan fingerprint density at radius 3 is 2.33 bits per heavy atom. The number of aromatic nitrogens is 4. The van der Waals surface area contributed by atoms with Gasteiger partial charge in [0.15, 0.2) is 22.8 Å². The van der Waals surface area contributed by atoms with Crippen LogP contribution in [-0.2, 0) is 60.3 Å². The molecule has 58 heavy (non-hydrogen) atoms. The predicted molar refractivity (Wildman–Crippen MR) is 194 cm³/mol. The molecule has 2 aromatic heterocycles. The quantitative estimate of drug-likeness (QED) is 0.0325. The SMILES string of the molecule is CC(C)(COP(=O)(O)OP(=O)(O)OC[C@H]1O[C@@H](n2cnc3c(N)ncnc32)[C@H](O)[C@@H]1OP(=O)(O)O)C(O)C(=O)NCCC(=O)NCCSC(=O)CC(=O)CCC(=O)O. The molecule has 0 radical (unpaired) electrons. The second kappa shape index (κ2) is 20.8. The highest BCUT2D eigenvalue weighted by molar-refractivity contribution is 8.13. The molecule has 1 aliphatic heterocycles. The van der Waals surface area contributed by atoms with Crippen LogP contribution in [0, 0.1) is 5.41 Å². The normalized spacial score (nSPS) is 21.2. The molecule has 31 heteroatoms. The van der Waals surface area contributed by atoms with E-state index in [0.717, 1.165) is 29.0 Å². The zero-order valence-corrected chi connectivity index (χ0v) is 34.0. The van der Waals surface area contributed by atoms with E-state index in [1.807, 2.05) is 0 Å². The van der Waals surface area contributed by atoms with Crippen molar-refractivity contribution in [2.75, 3.05) is 37.8 Å². The number of carbonyl (C=O) groups excluding carboxylic acids is 4. The third-order valence-corrected chi connectivity index (χ3v) is 11.7. The number of amides is 2. The number of nitrogens with one attached hydrogen (secondary N) is 2. The van der Waals surface area contributed by atoms with Gasteiger partial charge in [0, 0.05) is 37.1 Å². The number of aliphatic carboxylic acids is 1. The van der Waals surface area contributed by atoms with Gasteiger partial charge in [-0.25, -0.2) is 28.6 Å². The molecule has 3 heterocycles. The monoisotopic (exact) mass is 909 g/mol. The number of anilines is 1. The maximum Gasteiger partial charge on any atom is 0.481 e. The van der Waals surface area contributed by atoms with Crippen LogP contribution in [0.1, 0.15) is 45.8 Å². The van der Waals surface area contributed by atoms with Crippen LogP contribution < -0.4 is 16.4 Å². The summed E-state index contributed by atoms with van der Waals surface area (Å²) in [5.74, 6) is -3.23. The highest BCUT2D eigenvalue weighted by atomic mass is 32.2. The number of ether oxygens (including phenoxy) is 1. The fraction of sp³-hybridized carbons (Fsp3) is 0.630. The number of hydrogen-bond acceptors (Lipinski definition) is 20. The van der Waals surface area contributed by atoms with E-state index in [1.54, 1.807) is 0 Å². The standard InChI is InChI=1S/C27H42N7O20P3S/c1-27(2,22(41)25(42)30-6-5-16(36)29-7-8-58-18(39)9-14(35)3-4-17(37)38)11-51-57(48,49)54-56(46,47)50-10-15-21(53-55(43,44)45)20(40)26(52-15)34-13-33-19-23(28)31-12-32-24(19)34/h12-13,15,20-22,26,40-41H,3-11H2,1-2H3,(H,29,36)(H,30,42)(H,37,38)(H,46,47)(H,48,49)(H2,28,31,32)(H2,43,44,45)/t15-,20-,21-,22?,26-/m1/s1. The smallest absolute Gasteiger partial charge is 0.481 e. The van der Waals surface area contributed by atoms with Crippen LogP contribution in [0.4, 0.5) is 5.82 Å². The van der Waals surface area contributed by atoms with E-state index in [2.05, 4.69) is 34.4 Å². The maximum atomic E-state index is 12.7. The van der Waals surface area contributed by atoms with E-state index in [4.69, 9.17) is 24.6 Å². The fourth-order valence-corrected chi connectivity index (χ4v) is 8.37. The number of phosphoric acid groups is 3. The molecule has 11 N–H and O–H groups in total. The van der Waals surface area contributed by atoms with E-state index in [1.165, 1.54) is 13.8 Å². The number of aliphatic hydroxyl groups is 2. The molecule has 0 saturated carbocycles. The Hall–Kier alpha value is -3.30. The molecule has 0 bridgehead atoms. The maximum absolute atomic E-state index is 12.7. The van der Waals surface area contributed by atoms with Crippen LogP contribution in [0.5, 0.6) is 0 Å². The zero-order valence-electron chi connectivity index (χ0n) is 30.5. The number of fused-ring (bicyclic) bond motifs is 1. The molecule has 2 aromatic rings. The van der Waals surface area contributed by atoms with Gasteiger partial charge in [-0.1, -0.05) is 25.6 Å². The first kappa shape index (κ1) is 49.1. The number of imidazole rings is 1. The number of Topliss-reactive ketones (excluding diaryl/α,β-unsaturated/α-hetero) is 1. The van der Waals surface area contributed by atoms with Crippen molar-refractivity contribution in [2.45, 2.75) is 70.2 Å². The van der Waals surface area contributed by atoms with Gasteiger partial charge in [0.2, 0.25) is 11.8 Å². The topological polar surface area (TPSA) is 418 Å². The summed E-state index contributed by atoms with van der Waals surface area (Å²) in [7, 11) is -16.5. The minimum atomic E-state index is -5.60. The largest absolute Gasteiger partial charge is 0.481 e. The first-order valence-electron chi connectivity index (χ1n) is 16.6. The van der Waals surface area contributed by atoms with Crippen molar-refractivity contribution in [3.8, 4) is 0 Å². The molecule has 1 fully saturated rings. The third kappa shape index (κ3) is 15.4. The number of phosphoric ester groups is 3. The minimum absolute atomic E-state index is 0.0142. The molecule has 2 amide bonds. The van der Waals surface area contributed by atoms with Crippen LogP contribution >= 0.6 is 35.2 Å². The van der Waals surface area contributed by atoms with E-state index in [0.29, 0.717) is 0 Å². The second-order valence-corrected chi connectivity index (χ2v) is 18.3. The number of carboxylic acids is 1. The van der Waals surface area contributed by atoms with Crippen LogP contribution in [0.25, 0.3) is 11.2 Å². The Balaban J connectivity index is 1.46. The average molecular weight is 910 g/mol. The van der Waals surface area contributed by atoms with Gasteiger partial charge in [0.1, 0.15) is 42.0 Å². The number of nitrogen functional groups attached to an aromatic ring is 1. The Morgan fingerprint density at radius 1 is 1.00 bits per heavy atom. The van der Waals surface area contributed by atoms with Crippen molar-refractivity contribution < 1.29 is 95.2 Å². The molecule has 0 aliphatic carbocycles. The molecule has 7 atom stereocenters. The Kier molecular flexibility index (Phi) is 17.6. The van der Waals surface area contributed by atoms with E-state index in [-0.39, 0.29) is 48.7 Å². The summed E-state index contributed by atoms with van der Waals surface area (Å²) >= 11 is 0.765. The highest BCUT2D eigenvalue weighted by Gasteiger charge is 2.50. The summed E-state index contributed by atoms with van der Waals surface area (Å²) in [6.07, 6.45) is -8.30. The summed E-state index contributed by atoms with van der Waals surface area (Å²) in [6.45, 7) is 0.0801. The number of rotatable bonds is 24. The Labute approximate surface area is 331 Å². The second-order valence-electron chi connectivity index (χ2n) is 12.9. The van der Waals surface area contributed by atoms with E-state index in [9.17, 15) is 67.5 Å². The van der Waals surface area contributed by atoms with Crippen molar-refractivity contribution >= 4 is 80.9 Å². The Bertz CT molecular complexity index is 1960. The molecule has 0 spiro atoms. The van der Waals surface area contributed by atoms with Gasteiger partial charge >= 0.3 is 29.4 Å². The van der Waals surface area contributed by atoms with Gasteiger partial charge in [-0.3, -0.25) is 42.1 Å². The molecule has 0 aromatic carbocycles. The van der Waals surface area contributed by atoms with Crippen molar-refractivity contribution in [3.05, 3.63) is 12.7 Å². The number of carbonyl (C=O) groups is 5. The molecule has 27 nitrogen and oxygen atoms in total. The van der Waals surface area contributed by atoms with Gasteiger partial charge in [0.05, 0.1) is 32.4 Å². The Morgan fingerprint density at radius 2 is 1.67 bits per heavy atom. The highest BCUT2D eigenvalue weighted by Crippen LogP contribution is 2.61. The lowest BCUT2D eigenvalue weighted by atomic mass is 9.87. The van der Waals surface area contributed by atoms with Crippen molar-refractivity contribution in [1.82, 2.24) is 30.2 Å². The molecule has 326 valence electrons. The number of thioether (sulfide) groups is 1. The fourth-order valence-electron chi connectivity index (χ4n) is 4.84. The number of ketones is 1. The molecule has 1 aliphatic rings. The van der Waals surface area contributed by atoms with Crippen LogP contribution in [0.2, 0.25) is 0 Å². The lowest BCUT2D eigenvalue weighted by molar-refractivity contribution is -0.139. The molecule has 3 unspecified atom stereocenters. The van der Waals surface area contributed by atoms with Gasteiger partial charge < -0.3 is 56.0 Å². The van der Waals surface area contributed by atoms with Crippen molar-refractivity contribution in [1.29, 1.82) is 0 Å². The van der Waals surface area contributed by atoms with Gasteiger partial charge in [-0.2, -0.15) is 4.31 Å². The lowest BCUT2D eigenvalue weighted by Gasteiger charge is -2.30. The minimum Gasteiger partial charge on any atom is -0.481 e. The number of nitrogens with two attached hydrogens (primary N) is 1. The summed E-state index contributed by atoms with van der Waals surface area (Å²) in [5.41, 5.74) is 4.17. The molecular formula is C27H42N7O20P3S. The van der Waals surface area contributed by atoms with Gasteiger partial charge in [-0.15, -0.1) is 0 Å². The first-order valence-corrected chi connectivity index (χ1v) is 22.1. The molecular weight excluding hydrogens is 867 g/mol. The first-order chi connectivity index (χ1) is 26.8. The summed E-state index contributed by atoms with van der Waals surface area (Å²) in [5, 5.41) is 34.2. The van der Waals surface area contributed by atoms with Gasteiger partial charge in [-0.05, 0) is 0 Å². The van der Waals surface area contributed by atoms with E-state index < -0.39 is 114 Å². The summed E-state index contributed by atoms with van der Waals surface area (Å²) < 4.78 is 61.9. The van der Waals surface area contributed by atoms with Crippen LogP contribution in [0.3, 0.4) is 0 Å². The van der Waals surface area contributed by atoms with Gasteiger partial charge in [0.25, 0.3) is 0 Å². The summed E-state index contributed by atoms with van der Waals surface area (Å²) in [6, 6.07) is 0.